The fourth-order valence-electron chi connectivity index (χ4n) is 2.80. The molecule has 1 aliphatic carbocycles. The highest BCUT2D eigenvalue weighted by molar-refractivity contribution is 7.85. The van der Waals surface area contributed by atoms with Crippen molar-refractivity contribution in [2.24, 2.45) is 5.92 Å². The van der Waals surface area contributed by atoms with Gasteiger partial charge in [0.05, 0.1) is 5.25 Å². The lowest BCUT2D eigenvalue weighted by molar-refractivity contribution is 0.526. The summed E-state index contributed by atoms with van der Waals surface area (Å²) in [5.74, 6) is 1.31. The van der Waals surface area contributed by atoms with Crippen LogP contribution >= 0.6 is 0 Å². The quantitative estimate of drug-likeness (QED) is 0.867. The molecule has 0 radical (unpaired) electrons. The van der Waals surface area contributed by atoms with E-state index in [0.717, 1.165) is 25.1 Å². The molecule has 0 saturated carbocycles. The molecule has 1 N–H and O–H groups in total. The Morgan fingerprint density at radius 3 is 2.79 bits per heavy atom. The summed E-state index contributed by atoms with van der Waals surface area (Å²) in [7, 11) is -0.748. The lowest BCUT2D eigenvalue weighted by atomic mass is 10.1. The molecule has 19 heavy (non-hydrogen) atoms. The molecule has 3 heteroatoms. The number of benzene rings is 1. The van der Waals surface area contributed by atoms with E-state index in [1.165, 1.54) is 11.1 Å². The molecule has 1 aromatic carbocycles. The summed E-state index contributed by atoms with van der Waals surface area (Å²) in [6.07, 6.45) is 2.07. The van der Waals surface area contributed by atoms with E-state index in [2.05, 4.69) is 50.4 Å². The average molecular weight is 279 g/mol. The van der Waals surface area contributed by atoms with Crippen molar-refractivity contribution in [2.75, 3.05) is 12.3 Å². The van der Waals surface area contributed by atoms with Gasteiger partial charge >= 0.3 is 0 Å². The van der Waals surface area contributed by atoms with Crippen LogP contribution in [-0.4, -0.2) is 21.8 Å². The van der Waals surface area contributed by atoms with Gasteiger partial charge in [-0.05, 0) is 36.4 Å². The average Bonchev–Trinajstić information content (AvgIpc) is 2.74. The van der Waals surface area contributed by atoms with Crippen LogP contribution in [0.25, 0.3) is 0 Å². The Balaban J connectivity index is 2.18. The maximum Gasteiger partial charge on any atom is 0.0583 e. The van der Waals surface area contributed by atoms with Crippen LogP contribution in [0.2, 0.25) is 0 Å². The summed E-state index contributed by atoms with van der Waals surface area (Å²) in [6.45, 7) is 7.46. The Labute approximate surface area is 119 Å². The third-order valence-electron chi connectivity index (χ3n) is 3.63. The maximum absolute atomic E-state index is 12.6. The predicted molar refractivity (Wildman–Crippen MR) is 82.8 cm³/mol. The standard InChI is InChI=1S/C16H25NOS/c1-4-9-17-16-14-8-6-5-7-13(14)10-15(16)19(18)11-12(2)3/h5-8,12,15-17H,4,9-11H2,1-3H3. The molecule has 1 aromatic rings. The Morgan fingerprint density at radius 1 is 1.37 bits per heavy atom. The van der Waals surface area contributed by atoms with Gasteiger partial charge in [0.25, 0.3) is 0 Å². The molecule has 0 spiro atoms. The molecule has 0 amide bonds. The summed E-state index contributed by atoms with van der Waals surface area (Å²) in [6, 6.07) is 8.82. The van der Waals surface area contributed by atoms with Crippen LogP contribution in [0.4, 0.5) is 0 Å². The zero-order valence-corrected chi connectivity index (χ0v) is 13.0. The Morgan fingerprint density at radius 2 is 2.11 bits per heavy atom. The van der Waals surface area contributed by atoms with Crippen LogP contribution in [-0.2, 0) is 17.2 Å². The number of hydrogen-bond donors (Lipinski definition) is 1. The van der Waals surface area contributed by atoms with Gasteiger partial charge < -0.3 is 5.32 Å². The molecule has 0 bridgehead atoms. The van der Waals surface area contributed by atoms with Crippen molar-refractivity contribution in [2.45, 2.75) is 44.9 Å². The second-order valence-corrected chi connectivity index (χ2v) is 7.51. The summed E-state index contributed by atoms with van der Waals surface area (Å²) >= 11 is 0. The molecule has 0 aromatic heterocycles. The minimum absolute atomic E-state index is 0.242. The van der Waals surface area contributed by atoms with Crippen LogP contribution in [0.15, 0.2) is 24.3 Å². The zero-order valence-electron chi connectivity index (χ0n) is 12.2. The van der Waals surface area contributed by atoms with Crippen LogP contribution < -0.4 is 5.32 Å². The zero-order chi connectivity index (χ0) is 13.8. The molecule has 0 aliphatic heterocycles. The van der Waals surface area contributed by atoms with Gasteiger partial charge in [0.2, 0.25) is 0 Å². The molecule has 0 saturated heterocycles. The van der Waals surface area contributed by atoms with Crippen LogP contribution in [0, 0.1) is 5.92 Å². The molecule has 106 valence electrons. The molecule has 2 rings (SSSR count). The Hall–Kier alpha value is -0.670. The van der Waals surface area contributed by atoms with Crippen molar-refractivity contribution >= 4 is 10.8 Å². The second-order valence-electron chi connectivity index (χ2n) is 5.81. The summed E-state index contributed by atoms with van der Waals surface area (Å²) < 4.78 is 12.6. The SMILES string of the molecule is CCCNC1c2ccccc2CC1S(=O)CC(C)C. The van der Waals surface area contributed by atoms with E-state index in [4.69, 9.17) is 0 Å². The predicted octanol–water partition coefficient (Wildman–Crippen LogP) is 3.06. The maximum atomic E-state index is 12.6. The smallest absolute Gasteiger partial charge is 0.0583 e. The van der Waals surface area contributed by atoms with Gasteiger partial charge in [0, 0.05) is 22.6 Å². The summed E-state index contributed by atoms with van der Waals surface area (Å²) in [5, 5.41) is 3.84. The van der Waals surface area contributed by atoms with E-state index < -0.39 is 10.8 Å². The van der Waals surface area contributed by atoms with Gasteiger partial charge in [-0.2, -0.15) is 0 Å². The molecule has 1 aliphatic rings. The van der Waals surface area contributed by atoms with Crippen molar-refractivity contribution in [1.82, 2.24) is 5.32 Å². The van der Waals surface area contributed by atoms with Crippen LogP contribution in [0.5, 0.6) is 0 Å². The van der Waals surface area contributed by atoms with Crippen molar-refractivity contribution in [3.8, 4) is 0 Å². The van der Waals surface area contributed by atoms with Gasteiger partial charge in [0.1, 0.15) is 0 Å². The first-order valence-corrected chi connectivity index (χ1v) is 8.70. The third kappa shape index (κ3) is 3.46. The first-order chi connectivity index (χ1) is 9.13. The number of rotatable bonds is 6. The first-order valence-electron chi connectivity index (χ1n) is 7.31. The van der Waals surface area contributed by atoms with Gasteiger partial charge in [-0.3, -0.25) is 4.21 Å². The normalized spacial score (nSPS) is 23.6. The second kappa shape index (κ2) is 6.67. The van der Waals surface area contributed by atoms with E-state index in [9.17, 15) is 4.21 Å². The number of hydrogen-bond acceptors (Lipinski definition) is 2. The minimum atomic E-state index is -0.748. The van der Waals surface area contributed by atoms with Gasteiger partial charge in [0.15, 0.2) is 0 Å². The van der Waals surface area contributed by atoms with Crippen LogP contribution in [0.3, 0.4) is 0 Å². The molecular weight excluding hydrogens is 254 g/mol. The number of fused-ring (bicyclic) bond motifs is 1. The van der Waals surface area contributed by atoms with E-state index in [0.29, 0.717) is 5.92 Å². The molecule has 0 heterocycles. The monoisotopic (exact) mass is 279 g/mol. The van der Waals surface area contributed by atoms with Gasteiger partial charge in [-0.1, -0.05) is 45.0 Å². The largest absolute Gasteiger partial charge is 0.309 e. The fraction of sp³-hybridized carbons (Fsp3) is 0.625. The van der Waals surface area contributed by atoms with E-state index in [-0.39, 0.29) is 11.3 Å². The molecule has 3 atom stereocenters. The molecule has 3 unspecified atom stereocenters. The highest BCUT2D eigenvalue weighted by atomic mass is 32.2. The van der Waals surface area contributed by atoms with Crippen molar-refractivity contribution in [3.05, 3.63) is 35.4 Å². The van der Waals surface area contributed by atoms with E-state index in [1.54, 1.807) is 0 Å². The lowest BCUT2D eigenvalue weighted by Crippen LogP contribution is -2.34. The number of nitrogens with one attached hydrogen (secondary N) is 1. The highest BCUT2D eigenvalue weighted by Crippen LogP contribution is 2.34. The highest BCUT2D eigenvalue weighted by Gasteiger charge is 2.35. The molecular formula is C16H25NOS. The lowest BCUT2D eigenvalue weighted by Gasteiger charge is -2.22. The Bertz CT molecular complexity index is 444. The summed E-state index contributed by atoms with van der Waals surface area (Å²) in [4.78, 5) is 0. The fourth-order valence-corrected chi connectivity index (χ4v) is 4.61. The van der Waals surface area contributed by atoms with Gasteiger partial charge in [-0.25, -0.2) is 0 Å². The Kier molecular flexibility index (Phi) is 5.17. The van der Waals surface area contributed by atoms with E-state index >= 15 is 0 Å². The molecule has 0 fully saturated rings. The third-order valence-corrected chi connectivity index (χ3v) is 5.74. The first kappa shape index (κ1) is 14.7. The molecule has 2 nitrogen and oxygen atoms in total. The summed E-state index contributed by atoms with van der Waals surface area (Å²) in [5.41, 5.74) is 2.73. The van der Waals surface area contributed by atoms with Gasteiger partial charge in [-0.15, -0.1) is 0 Å². The van der Waals surface area contributed by atoms with Crippen molar-refractivity contribution in [1.29, 1.82) is 0 Å². The van der Waals surface area contributed by atoms with Crippen molar-refractivity contribution in [3.63, 3.8) is 0 Å². The topological polar surface area (TPSA) is 29.1 Å². The minimum Gasteiger partial charge on any atom is -0.309 e. The van der Waals surface area contributed by atoms with Crippen LogP contribution in [0.1, 0.15) is 44.4 Å². The van der Waals surface area contributed by atoms with E-state index in [1.807, 2.05) is 0 Å². The van der Waals surface area contributed by atoms with Crippen molar-refractivity contribution < 1.29 is 4.21 Å².